The molecule has 1 N–H and O–H groups in total. The van der Waals surface area contributed by atoms with E-state index in [-0.39, 0.29) is 16.6 Å². The van der Waals surface area contributed by atoms with Crippen LogP contribution in [0.2, 0.25) is 0 Å². The van der Waals surface area contributed by atoms with Gasteiger partial charge in [0.15, 0.2) is 15.0 Å². The zero-order valence-electron chi connectivity index (χ0n) is 15.7. The molecule has 5 nitrogen and oxygen atoms in total. The molecule has 0 unspecified atom stereocenters. The Hall–Kier alpha value is -2.77. The van der Waals surface area contributed by atoms with Crippen LogP contribution in [-0.4, -0.2) is 25.1 Å². The predicted octanol–water partition coefficient (Wildman–Crippen LogP) is 4.59. The topological polar surface area (TPSA) is 76.1 Å². The number of aromatic nitrogens is 1. The minimum Gasteiger partial charge on any atom is -0.298 e. The molecule has 3 aromatic carbocycles. The second kappa shape index (κ2) is 6.64. The molecule has 0 radical (unpaired) electrons. The largest absolute Gasteiger partial charge is 0.298 e. The number of aryl methyl sites for hydroxylation is 2. The molecule has 0 aliphatic heterocycles. The maximum Gasteiger partial charge on any atom is 0.257 e. The second-order valence-corrected chi connectivity index (χ2v) is 10.4. The van der Waals surface area contributed by atoms with E-state index < -0.39 is 9.84 Å². The zero-order chi connectivity index (χ0) is 20.2. The van der Waals surface area contributed by atoms with E-state index in [0.29, 0.717) is 10.7 Å². The Morgan fingerprint density at radius 2 is 1.90 bits per heavy atom. The SMILES string of the molecule is CCS(=O)(=O)c1cccc(C(=O)Nc2nc3c(cc4c5c(cccc53)CC4)s2)c1. The van der Waals surface area contributed by atoms with E-state index in [2.05, 4.69) is 34.6 Å². The van der Waals surface area contributed by atoms with Crippen LogP contribution >= 0.6 is 11.3 Å². The zero-order valence-corrected chi connectivity index (χ0v) is 17.4. The van der Waals surface area contributed by atoms with Crippen LogP contribution in [0.25, 0.3) is 21.0 Å². The lowest BCUT2D eigenvalue weighted by Crippen LogP contribution is -2.13. The van der Waals surface area contributed by atoms with Gasteiger partial charge >= 0.3 is 0 Å². The maximum absolute atomic E-state index is 12.7. The van der Waals surface area contributed by atoms with Crippen LogP contribution in [0.15, 0.2) is 53.4 Å². The van der Waals surface area contributed by atoms with Gasteiger partial charge in [-0.3, -0.25) is 10.1 Å². The molecule has 7 heteroatoms. The number of anilines is 1. The van der Waals surface area contributed by atoms with Gasteiger partial charge in [-0.1, -0.05) is 42.5 Å². The number of sulfone groups is 1. The second-order valence-electron chi connectivity index (χ2n) is 7.13. The molecule has 1 heterocycles. The Labute approximate surface area is 172 Å². The first-order valence-electron chi connectivity index (χ1n) is 9.44. The Morgan fingerprint density at radius 1 is 1.10 bits per heavy atom. The van der Waals surface area contributed by atoms with Crippen molar-refractivity contribution in [3.05, 3.63) is 65.2 Å². The van der Waals surface area contributed by atoms with Gasteiger partial charge in [0.25, 0.3) is 5.91 Å². The van der Waals surface area contributed by atoms with Gasteiger partial charge in [0.2, 0.25) is 0 Å². The summed E-state index contributed by atoms with van der Waals surface area (Å²) in [6, 6.07) is 14.6. The molecule has 0 spiro atoms. The number of nitrogens with one attached hydrogen (secondary N) is 1. The fourth-order valence-corrected chi connectivity index (χ4v) is 5.79. The summed E-state index contributed by atoms with van der Waals surface area (Å²) in [6.45, 7) is 1.59. The number of nitrogens with zero attached hydrogens (tertiary/aromatic N) is 1. The number of rotatable bonds is 4. The van der Waals surface area contributed by atoms with Crippen LogP contribution in [0.3, 0.4) is 0 Å². The third-order valence-electron chi connectivity index (χ3n) is 5.41. The standard InChI is InChI=1S/C22H18N2O3S2/c1-2-29(26,27)16-7-3-6-15(11-16)21(25)24-22-23-20-17-8-4-5-13-9-10-14(19(13)17)12-18(20)28-22/h3-8,11-12H,2,9-10H2,1H3,(H,23,24,25). The summed E-state index contributed by atoms with van der Waals surface area (Å²) in [5, 5.41) is 5.76. The van der Waals surface area contributed by atoms with Crippen molar-refractivity contribution in [3.63, 3.8) is 0 Å². The predicted molar refractivity (Wildman–Crippen MR) is 117 cm³/mol. The van der Waals surface area contributed by atoms with Gasteiger partial charge < -0.3 is 0 Å². The maximum atomic E-state index is 12.7. The lowest BCUT2D eigenvalue weighted by molar-refractivity contribution is 0.102. The van der Waals surface area contributed by atoms with Crippen LogP contribution in [0, 0.1) is 0 Å². The van der Waals surface area contributed by atoms with Crippen molar-refractivity contribution < 1.29 is 13.2 Å². The molecule has 0 atom stereocenters. The number of hydrogen-bond acceptors (Lipinski definition) is 5. The lowest BCUT2D eigenvalue weighted by atomic mass is 10.0. The number of hydrogen-bond donors (Lipinski definition) is 1. The van der Waals surface area contributed by atoms with Crippen molar-refractivity contribution >= 4 is 53.2 Å². The summed E-state index contributed by atoms with van der Waals surface area (Å²) in [5.41, 5.74) is 3.89. The molecule has 0 saturated carbocycles. The Kier molecular flexibility index (Phi) is 4.18. The summed E-state index contributed by atoms with van der Waals surface area (Å²) < 4.78 is 25.2. The monoisotopic (exact) mass is 422 g/mol. The molecule has 1 aliphatic rings. The van der Waals surface area contributed by atoms with Crippen molar-refractivity contribution in [1.82, 2.24) is 4.98 Å². The third kappa shape index (κ3) is 3.01. The van der Waals surface area contributed by atoms with Crippen molar-refractivity contribution in [2.45, 2.75) is 24.7 Å². The van der Waals surface area contributed by atoms with Gasteiger partial charge in [0.1, 0.15) is 0 Å². The van der Waals surface area contributed by atoms with Gasteiger partial charge in [-0.15, -0.1) is 0 Å². The first-order valence-corrected chi connectivity index (χ1v) is 11.9. The van der Waals surface area contributed by atoms with Crippen molar-refractivity contribution in [2.75, 3.05) is 11.1 Å². The minimum absolute atomic E-state index is 0.00661. The molecular formula is C22H18N2O3S2. The van der Waals surface area contributed by atoms with E-state index in [1.54, 1.807) is 19.1 Å². The van der Waals surface area contributed by atoms with Gasteiger partial charge in [0.05, 0.1) is 20.9 Å². The van der Waals surface area contributed by atoms with Crippen molar-refractivity contribution in [2.24, 2.45) is 0 Å². The molecule has 0 saturated heterocycles. The number of fused-ring (bicyclic) bond motifs is 2. The van der Waals surface area contributed by atoms with E-state index >= 15 is 0 Å². The van der Waals surface area contributed by atoms with Crippen LogP contribution in [0.5, 0.6) is 0 Å². The van der Waals surface area contributed by atoms with Gasteiger partial charge in [-0.25, -0.2) is 13.4 Å². The highest BCUT2D eigenvalue weighted by Crippen LogP contribution is 2.39. The number of amides is 1. The summed E-state index contributed by atoms with van der Waals surface area (Å²) in [6.07, 6.45) is 2.09. The van der Waals surface area contributed by atoms with E-state index in [9.17, 15) is 13.2 Å². The molecule has 1 amide bonds. The van der Waals surface area contributed by atoms with Crippen LogP contribution in [0.4, 0.5) is 5.13 Å². The fourth-order valence-electron chi connectivity index (χ4n) is 3.92. The van der Waals surface area contributed by atoms with Gasteiger partial charge in [-0.2, -0.15) is 0 Å². The molecule has 1 aromatic heterocycles. The third-order valence-corrected chi connectivity index (χ3v) is 8.06. The first kappa shape index (κ1) is 18.3. The molecule has 0 fully saturated rings. The highest BCUT2D eigenvalue weighted by molar-refractivity contribution is 7.91. The quantitative estimate of drug-likeness (QED) is 0.522. The molecule has 5 rings (SSSR count). The van der Waals surface area contributed by atoms with Gasteiger partial charge in [0, 0.05) is 10.9 Å². The Bertz CT molecular complexity index is 1400. The fraction of sp³-hybridized carbons (Fsp3) is 0.182. The van der Waals surface area contributed by atoms with E-state index in [1.165, 1.54) is 40.0 Å². The highest BCUT2D eigenvalue weighted by Gasteiger charge is 2.20. The highest BCUT2D eigenvalue weighted by atomic mass is 32.2. The number of carbonyl (C=O) groups excluding carboxylic acids is 1. The van der Waals surface area contributed by atoms with E-state index in [4.69, 9.17) is 0 Å². The Morgan fingerprint density at radius 3 is 2.72 bits per heavy atom. The first-order chi connectivity index (χ1) is 14.0. The van der Waals surface area contributed by atoms with Gasteiger partial charge in [-0.05, 0) is 53.6 Å². The summed E-state index contributed by atoms with van der Waals surface area (Å²) in [7, 11) is -3.37. The average molecular weight is 423 g/mol. The number of carbonyl (C=O) groups is 1. The summed E-state index contributed by atoms with van der Waals surface area (Å²) in [4.78, 5) is 17.5. The van der Waals surface area contributed by atoms with Crippen LogP contribution in [-0.2, 0) is 22.7 Å². The summed E-state index contributed by atoms with van der Waals surface area (Å²) in [5.74, 6) is -0.373. The number of thiazole rings is 1. The van der Waals surface area contributed by atoms with Crippen LogP contribution in [0.1, 0.15) is 28.4 Å². The minimum atomic E-state index is -3.37. The van der Waals surface area contributed by atoms with E-state index in [1.807, 2.05) is 0 Å². The van der Waals surface area contributed by atoms with Crippen LogP contribution < -0.4 is 5.32 Å². The molecular weight excluding hydrogens is 404 g/mol. The molecule has 146 valence electrons. The van der Waals surface area contributed by atoms with E-state index in [0.717, 1.165) is 28.4 Å². The smallest absolute Gasteiger partial charge is 0.257 e. The summed E-state index contributed by atoms with van der Waals surface area (Å²) >= 11 is 1.44. The normalized spacial score (nSPS) is 13.3. The van der Waals surface area contributed by atoms with Crippen molar-refractivity contribution in [1.29, 1.82) is 0 Å². The molecule has 1 aliphatic carbocycles. The Balaban J connectivity index is 1.52. The molecule has 4 aromatic rings. The molecule has 0 bridgehead atoms. The van der Waals surface area contributed by atoms with Crippen molar-refractivity contribution in [3.8, 4) is 0 Å². The molecule has 29 heavy (non-hydrogen) atoms. The average Bonchev–Trinajstić information content (AvgIpc) is 3.33. The lowest BCUT2D eigenvalue weighted by Gasteiger charge is -2.05. The number of benzene rings is 3.